The fourth-order valence-corrected chi connectivity index (χ4v) is 8.63. The van der Waals surface area contributed by atoms with Gasteiger partial charge in [-0.1, -0.05) is 91.0 Å². The van der Waals surface area contributed by atoms with E-state index < -0.39 is 0 Å². The number of rotatable bonds is 5. The van der Waals surface area contributed by atoms with Gasteiger partial charge in [0.2, 0.25) is 0 Å². The molecule has 3 aromatic heterocycles. The van der Waals surface area contributed by atoms with Gasteiger partial charge in [-0.15, -0.1) is 0 Å². The number of furan rings is 1. The van der Waals surface area contributed by atoms with Crippen LogP contribution in [0.5, 0.6) is 0 Å². The lowest BCUT2D eigenvalue weighted by Crippen LogP contribution is -2.10. The predicted molar refractivity (Wildman–Crippen MR) is 227 cm³/mol. The molecule has 0 unspecified atom stereocenters. The summed E-state index contributed by atoms with van der Waals surface area (Å²) in [5, 5.41) is 27.8. The molecule has 0 aliphatic heterocycles. The largest absolute Gasteiger partial charge is 0.455 e. The van der Waals surface area contributed by atoms with Crippen molar-refractivity contribution in [1.29, 1.82) is 10.5 Å². The third-order valence-corrected chi connectivity index (χ3v) is 11.0. The first-order chi connectivity index (χ1) is 27.7. The summed E-state index contributed by atoms with van der Waals surface area (Å²) in [5.74, 6) is 0. The molecular weight excluding hydrogens is 687 g/mol. The first-order valence-corrected chi connectivity index (χ1v) is 18.5. The van der Waals surface area contributed by atoms with E-state index >= 15 is 0 Å². The summed E-state index contributed by atoms with van der Waals surface area (Å²) in [4.78, 5) is 2.25. The van der Waals surface area contributed by atoms with Crippen LogP contribution in [0.1, 0.15) is 11.1 Å². The van der Waals surface area contributed by atoms with Gasteiger partial charge in [-0.05, 0) is 84.9 Å². The molecule has 0 spiro atoms. The Kier molecular flexibility index (Phi) is 6.88. The van der Waals surface area contributed by atoms with E-state index in [1.807, 2.05) is 54.6 Å². The van der Waals surface area contributed by atoms with Crippen molar-refractivity contribution in [3.05, 3.63) is 187 Å². The Morgan fingerprint density at radius 1 is 0.411 bits per heavy atom. The van der Waals surface area contributed by atoms with Gasteiger partial charge < -0.3 is 18.5 Å². The highest BCUT2D eigenvalue weighted by atomic mass is 16.3. The zero-order valence-corrected chi connectivity index (χ0v) is 29.9. The summed E-state index contributed by atoms with van der Waals surface area (Å²) in [6.07, 6.45) is 0. The highest BCUT2D eigenvalue weighted by molar-refractivity contribution is 6.24. The third kappa shape index (κ3) is 4.48. The van der Waals surface area contributed by atoms with E-state index in [4.69, 9.17) is 4.42 Å². The Morgan fingerprint density at radius 2 is 0.911 bits per heavy atom. The van der Waals surface area contributed by atoms with Crippen molar-refractivity contribution < 1.29 is 4.42 Å². The fraction of sp³-hybridized carbons (Fsp3) is 0. The number of benzene rings is 8. The smallest absolute Gasteiger partial charge is 0.145 e. The van der Waals surface area contributed by atoms with Crippen LogP contribution in [0.15, 0.2) is 180 Å². The lowest BCUT2D eigenvalue weighted by molar-refractivity contribution is 0.673. The molecule has 56 heavy (non-hydrogen) atoms. The fourth-order valence-electron chi connectivity index (χ4n) is 8.63. The lowest BCUT2D eigenvalue weighted by atomic mass is 10.1. The SMILES string of the molecule is N#Cc1ccc(C#N)c(-n2c3ccc(N(c4ccccc4)c4ccccc4)cc3c3c4oc5ccccc5c4ccc32)c1-n1c2ccccc2c2ccccc21. The van der Waals surface area contributed by atoms with Gasteiger partial charge in [0.15, 0.2) is 0 Å². The molecule has 0 radical (unpaired) electrons. The number of para-hydroxylation sites is 5. The Labute approximate surface area is 321 Å². The monoisotopic (exact) mass is 715 g/mol. The molecular formula is C50H29N5O. The highest BCUT2D eigenvalue weighted by Crippen LogP contribution is 2.46. The van der Waals surface area contributed by atoms with E-state index in [9.17, 15) is 10.5 Å². The second-order valence-corrected chi connectivity index (χ2v) is 13.9. The van der Waals surface area contributed by atoms with Crippen molar-refractivity contribution in [3.63, 3.8) is 0 Å². The molecule has 11 rings (SSSR count). The van der Waals surface area contributed by atoms with Gasteiger partial charge >= 0.3 is 0 Å². The summed E-state index contributed by atoms with van der Waals surface area (Å²) >= 11 is 0. The first kappa shape index (κ1) is 31.5. The molecule has 6 nitrogen and oxygen atoms in total. The molecule has 0 aliphatic carbocycles. The number of anilines is 3. The van der Waals surface area contributed by atoms with Gasteiger partial charge in [-0.2, -0.15) is 10.5 Å². The standard InChI is InChI=1S/C50H29N5O/c51-30-32-23-24-33(31-52)49(48(32)54-42-20-10-7-17-37(42)38-18-8-11-21-43(38)54)55-44-27-25-36(53(34-13-3-1-4-14-34)35-15-5-2-6-16-35)29-41(44)47-45(55)28-26-40-39-19-9-12-22-46(39)56-50(40)47/h1-29H. The minimum absolute atomic E-state index is 0.448. The van der Waals surface area contributed by atoms with Gasteiger partial charge in [-0.25, -0.2) is 0 Å². The van der Waals surface area contributed by atoms with E-state index in [1.165, 1.54) is 0 Å². The third-order valence-electron chi connectivity index (χ3n) is 11.0. The van der Waals surface area contributed by atoms with E-state index in [0.29, 0.717) is 22.5 Å². The van der Waals surface area contributed by atoms with Crippen LogP contribution in [0.25, 0.3) is 76.9 Å². The maximum absolute atomic E-state index is 10.9. The highest BCUT2D eigenvalue weighted by Gasteiger charge is 2.27. The van der Waals surface area contributed by atoms with Crippen LogP contribution in [-0.2, 0) is 0 Å². The quantitative estimate of drug-likeness (QED) is 0.178. The number of nitrogens with zero attached hydrogens (tertiary/aromatic N) is 5. The van der Waals surface area contributed by atoms with Gasteiger partial charge in [0.05, 0.1) is 50.0 Å². The predicted octanol–water partition coefficient (Wildman–Crippen LogP) is 13.0. The summed E-state index contributed by atoms with van der Waals surface area (Å²) in [5.41, 5.74) is 10.4. The van der Waals surface area contributed by atoms with Crippen molar-refractivity contribution in [3.8, 4) is 23.5 Å². The number of hydrogen-bond acceptors (Lipinski definition) is 4. The summed E-state index contributed by atoms with van der Waals surface area (Å²) in [6.45, 7) is 0. The van der Waals surface area contributed by atoms with E-state index in [1.54, 1.807) is 12.1 Å². The molecule has 0 N–H and O–H groups in total. The van der Waals surface area contributed by atoms with Crippen molar-refractivity contribution in [1.82, 2.24) is 9.13 Å². The second-order valence-electron chi connectivity index (χ2n) is 13.9. The molecule has 0 aliphatic rings. The van der Waals surface area contributed by atoms with Gasteiger partial charge in [0, 0.05) is 44.0 Å². The molecule has 0 amide bonds. The summed E-state index contributed by atoms with van der Waals surface area (Å²) in [7, 11) is 0. The molecule has 0 fully saturated rings. The zero-order valence-electron chi connectivity index (χ0n) is 29.9. The molecule has 8 aromatic carbocycles. The lowest BCUT2D eigenvalue weighted by Gasteiger charge is -2.25. The Balaban J connectivity index is 1.31. The molecule has 11 aromatic rings. The van der Waals surface area contributed by atoms with Crippen LogP contribution in [-0.4, -0.2) is 9.13 Å². The maximum Gasteiger partial charge on any atom is 0.145 e. The van der Waals surface area contributed by atoms with E-state index in [0.717, 1.165) is 82.6 Å². The van der Waals surface area contributed by atoms with E-state index in [-0.39, 0.29) is 0 Å². The average molecular weight is 716 g/mol. The normalized spacial score (nSPS) is 11.5. The maximum atomic E-state index is 10.9. The van der Waals surface area contributed by atoms with Crippen molar-refractivity contribution in [2.45, 2.75) is 0 Å². The van der Waals surface area contributed by atoms with Crippen LogP contribution in [0.3, 0.4) is 0 Å². The van der Waals surface area contributed by atoms with Crippen molar-refractivity contribution in [2.75, 3.05) is 4.90 Å². The molecule has 0 saturated heterocycles. The van der Waals surface area contributed by atoms with Crippen LogP contribution < -0.4 is 4.90 Å². The van der Waals surface area contributed by atoms with Gasteiger partial charge in [0.25, 0.3) is 0 Å². The number of nitriles is 2. The van der Waals surface area contributed by atoms with Crippen molar-refractivity contribution >= 4 is 82.6 Å². The summed E-state index contributed by atoms with van der Waals surface area (Å²) < 4.78 is 11.1. The Bertz CT molecular complexity index is 3360. The number of aromatic nitrogens is 2. The minimum atomic E-state index is 0.448. The van der Waals surface area contributed by atoms with Crippen LogP contribution in [0.4, 0.5) is 17.1 Å². The molecule has 0 saturated carbocycles. The summed E-state index contributed by atoms with van der Waals surface area (Å²) in [6, 6.07) is 64.6. The van der Waals surface area contributed by atoms with Gasteiger partial charge in [0.1, 0.15) is 23.3 Å². The van der Waals surface area contributed by atoms with Gasteiger partial charge in [-0.3, -0.25) is 0 Å². The second kappa shape index (κ2) is 12.2. The molecule has 6 heteroatoms. The average Bonchev–Trinajstić information content (AvgIpc) is 3.91. The number of fused-ring (bicyclic) bond motifs is 10. The number of hydrogen-bond donors (Lipinski definition) is 0. The van der Waals surface area contributed by atoms with E-state index in [2.05, 4.69) is 135 Å². The zero-order chi connectivity index (χ0) is 37.3. The van der Waals surface area contributed by atoms with Crippen molar-refractivity contribution in [2.24, 2.45) is 0 Å². The first-order valence-electron chi connectivity index (χ1n) is 18.5. The Hall–Kier alpha value is -8.06. The Morgan fingerprint density at radius 3 is 1.52 bits per heavy atom. The minimum Gasteiger partial charge on any atom is -0.455 e. The van der Waals surface area contributed by atoms with Crippen LogP contribution in [0.2, 0.25) is 0 Å². The molecule has 260 valence electrons. The molecule has 0 bridgehead atoms. The molecule has 3 heterocycles. The topological polar surface area (TPSA) is 73.8 Å². The van der Waals surface area contributed by atoms with Crippen LogP contribution >= 0.6 is 0 Å². The van der Waals surface area contributed by atoms with Crippen LogP contribution in [0, 0.1) is 22.7 Å². The molecule has 0 atom stereocenters.